The number of methoxy groups -OCH3 is 1. The zero-order valence-electron chi connectivity index (χ0n) is 13.0. The van der Waals surface area contributed by atoms with Crippen LogP contribution in [0.3, 0.4) is 0 Å². The van der Waals surface area contributed by atoms with Gasteiger partial charge in [0.15, 0.2) is 0 Å². The molecule has 6 nitrogen and oxygen atoms in total. The second-order valence-electron chi connectivity index (χ2n) is 5.01. The number of nitriles is 1. The molecular formula is C17H17N3O3. The van der Waals surface area contributed by atoms with Crippen molar-refractivity contribution in [3.63, 3.8) is 0 Å². The number of carbonyl (C=O) groups is 2. The lowest BCUT2D eigenvalue weighted by Crippen LogP contribution is -2.48. The Labute approximate surface area is 134 Å². The van der Waals surface area contributed by atoms with E-state index in [-0.39, 0.29) is 12.6 Å². The number of hydrogen-bond acceptors (Lipinski definition) is 4. The number of amides is 2. The molecule has 0 saturated heterocycles. The number of benzene rings is 1. The fourth-order valence-electron chi connectivity index (χ4n) is 2.54. The Kier molecular flexibility index (Phi) is 4.82. The van der Waals surface area contributed by atoms with Crippen molar-refractivity contribution in [1.82, 2.24) is 10.2 Å². The summed E-state index contributed by atoms with van der Waals surface area (Å²) in [4.78, 5) is 25.9. The molecule has 1 aromatic rings. The number of ether oxygens (including phenoxy) is 1. The van der Waals surface area contributed by atoms with E-state index >= 15 is 0 Å². The Bertz CT molecular complexity index is 731. The molecule has 0 spiro atoms. The number of hydrogen-bond donors (Lipinski definition) is 1. The molecule has 6 heteroatoms. The Hall–Kier alpha value is -3.07. The van der Waals surface area contributed by atoms with Crippen LogP contribution in [0.1, 0.15) is 24.1 Å². The number of urea groups is 1. The highest BCUT2D eigenvalue weighted by atomic mass is 16.5. The van der Waals surface area contributed by atoms with Gasteiger partial charge in [-0.3, -0.25) is 4.90 Å². The zero-order chi connectivity index (χ0) is 17.0. The van der Waals surface area contributed by atoms with E-state index in [0.717, 1.165) is 0 Å². The first kappa shape index (κ1) is 16.3. The molecule has 1 aliphatic heterocycles. The van der Waals surface area contributed by atoms with Crippen molar-refractivity contribution in [3.05, 3.63) is 59.3 Å². The smallest absolute Gasteiger partial charge is 0.337 e. The van der Waals surface area contributed by atoms with Crippen LogP contribution in [0.15, 0.2) is 48.2 Å². The van der Waals surface area contributed by atoms with Crippen LogP contribution in [-0.4, -0.2) is 30.6 Å². The largest absolute Gasteiger partial charge is 0.466 e. The maximum atomic E-state index is 12.3. The van der Waals surface area contributed by atoms with Crippen molar-refractivity contribution >= 4 is 12.0 Å². The molecule has 2 rings (SSSR count). The first-order valence-electron chi connectivity index (χ1n) is 7.01. The van der Waals surface area contributed by atoms with Gasteiger partial charge >= 0.3 is 12.0 Å². The lowest BCUT2D eigenvalue weighted by molar-refractivity contribution is -0.136. The van der Waals surface area contributed by atoms with Crippen LogP contribution in [0.4, 0.5) is 4.79 Å². The molecule has 0 bridgehead atoms. The molecule has 0 aromatic heterocycles. The van der Waals surface area contributed by atoms with E-state index < -0.39 is 12.0 Å². The standard InChI is InChI=1S/C17H17N3O3/c1-4-8-20-11(2)14(16(21)23-3)15(19-17(20)22)13-7-5-6-12(9-13)10-18/h4-7,9,15H,1,8H2,2-3H3,(H,19,22)/t15-/m1/s1. The van der Waals surface area contributed by atoms with E-state index in [9.17, 15) is 9.59 Å². The number of nitrogens with one attached hydrogen (secondary N) is 1. The third-order valence-corrected chi connectivity index (χ3v) is 3.66. The molecule has 1 aromatic carbocycles. The minimum atomic E-state index is -0.663. The SMILES string of the molecule is C=CCN1C(=O)N[C@H](c2cccc(C#N)c2)C(C(=O)OC)=C1C. The molecule has 1 heterocycles. The summed E-state index contributed by atoms with van der Waals surface area (Å²) in [5.74, 6) is -0.524. The van der Waals surface area contributed by atoms with Crippen LogP contribution in [0.2, 0.25) is 0 Å². The second kappa shape index (κ2) is 6.79. The number of esters is 1. The summed E-state index contributed by atoms with van der Waals surface area (Å²) in [5, 5.41) is 11.8. The van der Waals surface area contributed by atoms with E-state index in [2.05, 4.69) is 11.9 Å². The van der Waals surface area contributed by atoms with E-state index in [4.69, 9.17) is 10.00 Å². The first-order valence-corrected chi connectivity index (χ1v) is 7.01. The van der Waals surface area contributed by atoms with Crippen LogP contribution in [0.5, 0.6) is 0 Å². The molecule has 1 aliphatic rings. The predicted octanol–water partition coefficient (Wildman–Crippen LogP) is 2.26. The summed E-state index contributed by atoms with van der Waals surface area (Å²) in [6.07, 6.45) is 1.58. The molecule has 0 aliphatic carbocycles. The van der Waals surface area contributed by atoms with E-state index in [0.29, 0.717) is 22.4 Å². The van der Waals surface area contributed by atoms with Gasteiger partial charge in [0.2, 0.25) is 0 Å². The van der Waals surface area contributed by atoms with Crippen LogP contribution in [0.25, 0.3) is 0 Å². The van der Waals surface area contributed by atoms with Crippen molar-refractivity contribution in [3.8, 4) is 6.07 Å². The van der Waals surface area contributed by atoms with E-state index in [1.807, 2.05) is 6.07 Å². The van der Waals surface area contributed by atoms with Gasteiger partial charge in [-0.25, -0.2) is 9.59 Å². The van der Waals surface area contributed by atoms with Gasteiger partial charge in [0, 0.05) is 12.2 Å². The van der Waals surface area contributed by atoms with Crippen molar-refractivity contribution in [2.45, 2.75) is 13.0 Å². The molecule has 23 heavy (non-hydrogen) atoms. The van der Waals surface area contributed by atoms with Crippen LogP contribution in [-0.2, 0) is 9.53 Å². The number of nitrogens with zero attached hydrogens (tertiary/aromatic N) is 2. The van der Waals surface area contributed by atoms with Gasteiger partial charge < -0.3 is 10.1 Å². The fraction of sp³-hybridized carbons (Fsp3) is 0.235. The lowest BCUT2D eigenvalue weighted by atomic mass is 9.94. The summed E-state index contributed by atoms with van der Waals surface area (Å²) in [7, 11) is 1.29. The summed E-state index contributed by atoms with van der Waals surface area (Å²) >= 11 is 0. The number of allylic oxidation sites excluding steroid dienone is 1. The van der Waals surface area contributed by atoms with Crippen molar-refractivity contribution < 1.29 is 14.3 Å². The fourth-order valence-corrected chi connectivity index (χ4v) is 2.54. The second-order valence-corrected chi connectivity index (χ2v) is 5.01. The normalized spacial score (nSPS) is 17.3. The average molecular weight is 311 g/mol. The summed E-state index contributed by atoms with van der Waals surface area (Å²) in [6.45, 7) is 5.59. The summed E-state index contributed by atoms with van der Waals surface area (Å²) in [5.41, 5.74) is 1.94. The van der Waals surface area contributed by atoms with Gasteiger partial charge in [-0.2, -0.15) is 5.26 Å². The molecule has 1 atom stereocenters. The van der Waals surface area contributed by atoms with Gasteiger partial charge in [-0.05, 0) is 24.6 Å². The molecule has 0 fully saturated rings. The molecule has 0 radical (unpaired) electrons. The third-order valence-electron chi connectivity index (χ3n) is 3.66. The maximum Gasteiger partial charge on any atom is 0.337 e. The summed E-state index contributed by atoms with van der Waals surface area (Å²) < 4.78 is 4.86. The molecule has 0 unspecified atom stereocenters. The Balaban J connectivity index is 2.57. The highest BCUT2D eigenvalue weighted by Crippen LogP contribution is 2.31. The molecule has 2 amide bonds. The van der Waals surface area contributed by atoms with Crippen LogP contribution < -0.4 is 5.32 Å². The lowest BCUT2D eigenvalue weighted by Gasteiger charge is -2.34. The van der Waals surface area contributed by atoms with Gasteiger partial charge in [0.05, 0.1) is 30.4 Å². The topological polar surface area (TPSA) is 82.4 Å². The Morgan fingerprint density at radius 3 is 2.91 bits per heavy atom. The Morgan fingerprint density at radius 2 is 2.30 bits per heavy atom. The zero-order valence-corrected chi connectivity index (χ0v) is 13.0. The van der Waals surface area contributed by atoms with E-state index in [1.54, 1.807) is 37.3 Å². The molecule has 1 N–H and O–H groups in total. The van der Waals surface area contributed by atoms with E-state index in [1.165, 1.54) is 12.0 Å². The Morgan fingerprint density at radius 1 is 1.57 bits per heavy atom. The minimum absolute atomic E-state index is 0.281. The quantitative estimate of drug-likeness (QED) is 0.683. The van der Waals surface area contributed by atoms with Crippen molar-refractivity contribution in [2.24, 2.45) is 0 Å². The number of rotatable bonds is 4. The van der Waals surface area contributed by atoms with Crippen LogP contribution in [0, 0.1) is 11.3 Å². The van der Waals surface area contributed by atoms with Crippen molar-refractivity contribution in [2.75, 3.05) is 13.7 Å². The molecule has 0 saturated carbocycles. The monoisotopic (exact) mass is 311 g/mol. The first-order chi connectivity index (χ1) is 11.0. The van der Waals surface area contributed by atoms with Gasteiger partial charge in [0.1, 0.15) is 0 Å². The van der Waals surface area contributed by atoms with Crippen LogP contribution >= 0.6 is 0 Å². The third kappa shape index (κ3) is 3.09. The summed E-state index contributed by atoms with van der Waals surface area (Å²) in [6, 6.07) is 7.82. The number of carbonyl (C=O) groups excluding carboxylic acids is 2. The maximum absolute atomic E-state index is 12.3. The molecular weight excluding hydrogens is 294 g/mol. The highest BCUT2D eigenvalue weighted by Gasteiger charge is 2.35. The van der Waals surface area contributed by atoms with Gasteiger partial charge in [-0.1, -0.05) is 18.2 Å². The highest BCUT2D eigenvalue weighted by molar-refractivity contribution is 5.95. The van der Waals surface area contributed by atoms with Crippen molar-refractivity contribution in [1.29, 1.82) is 5.26 Å². The predicted molar refractivity (Wildman–Crippen MR) is 84.0 cm³/mol. The average Bonchev–Trinajstić information content (AvgIpc) is 2.57. The molecule has 118 valence electrons. The van der Waals surface area contributed by atoms with Gasteiger partial charge in [0.25, 0.3) is 0 Å². The minimum Gasteiger partial charge on any atom is -0.466 e. The van der Waals surface area contributed by atoms with Gasteiger partial charge in [-0.15, -0.1) is 6.58 Å².